The lowest BCUT2D eigenvalue weighted by Gasteiger charge is -2.12. The molecule has 27 heavy (non-hydrogen) atoms. The van der Waals surface area contributed by atoms with Crippen LogP contribution in [0, 0.1) is 0 Å². The van der Waals surface area contributed by atoms with E-state index in [9.17, 15) is 9.59 Å². The minimum absolute atomic E-state index is 0.443. The zero-order chi connectivity index (χ0) is 19.8. The Hall–Kier alpha value is -2.99. The summed E-state index contributed by atoms with van der Waals surface area (Å²) in [5.41, 5.74) is 1.24. The van der Waals surface area contributed by atoms with Crippen LogP contribution in [0.2, 0.25) is 5.02 Å². The summed E-state index contributed by atoms with van der Waals surface area (Å²) in [5.74, 6) is 0.0960. The van der Waals surface area contributed by atoms with Gasteiger partial charge in [-0.05, 0) is 49.4 Å². The lowest BCUT2D eigenvalue weighted by atomic mass is 10.1. The first-order chi connectivity index (χ1) is 12.9. The van der Waals surface area contributed by atoms with E-state index in [0.717, 1.165) is 0 Å². The van der Waals surface area contributed by atoms with Gasteiger partial charge in [-0.2, -0.15) is 0 Å². The number of rotatable bonds is 7. The molecule has 0 bridgehead atoms. The maximum absolute atomic E-state index is 12.1. The molecule has 1 atom stereocenters. The molecule has 6 nitrogen and oxygen atoms in total. The van der Waals surface area contributed by atoms with E-state index in [4.69, 9.17) is 25.8 Å². The molecule has 0 aliphatic heterocycles. The van der Waals surface area contributed by atoms with Crippen molar-refractivity contribution >= 4 is 35.2 Å². The molecule has 2 rings (SSSR count). The SMILES string of the molecule is COc1ccc(/C=C/C(=O)O[C@H](C)C(=O)Nc2ccc(Cl)cc2)c(OC)c1. The molecule has 0 saturated heterocycles. The van der Waals surface area contributed by atoms with E-state index >= 15 is 0 Å². The van der Waals surface area contributed by atoms with E-state index in [0.29, 0.717) is 27.8 Å². The minimum atomic E-state index is -0.962. The van der Waals surface area contributed by atoms with Crippen molar-refractivity contribution in [3.63, 3.8) is 0 Å². The summed E-state index contributed by atoms with van der Waals surface area (Å²) in [6, 6.07) is 11.8. The number of halogens is 1. The predicted octanol–water partition coefficient (Wildman–Crippen LogP) is 3.94. The summed E-state index contributed by atoms with van der Waals surface area (Å²) in [5, 5.41) is 3.21. The van der Waals surface area contributed by atoms with Crippen molar-refractivity contribution in [1.82, 2.24) is 0 Å². The van der Waals surface area contributed by atoms with Crippen molar-refractivity contribution in [3.8, 4) is 11.5 Å². The van der Waals surface area contributed by atoms with E-state index in [-0.39, 0.29) is 0 Å². The Labute approximate surface area is 162 Å². The molecule has 142 valence electrons. The number of amides is 1. The van der Waals surface area contributed by atoms with E-state index in [1.165, 1.54) is 20.1 Å². The maximum atomic E-state index is 12.1. The second kappa shape index (κ2) is 9.64. The molecule has 1 N–H and O–H groups in total. The maximum Gasteiger partial charge on any atom is 0.331 e. The van der Waals surface area contributed by atoms with Crippen molar-refractivity contribution < 1.29 is 23.8 Å². The fourth-order valence-electron chi connectivity index (χ4n) is 2.16. The third kappa shape index (κ3) is 6.04. The lowest BCUT2D eigenvalue weighted by Crippen LogP contribution is -2.29. The smallest absolute Gasteiger partial charge is 0.331 e. The number of methoxy groups -OCH3 is 2. The van der Waals surface area contributed by atoms with Crippen LogP contribution in [0.5, 0.6) is 11.5 Å². The van der Waals surface area contributed by atoms with Gasteiger partial charge < -0.3 is 19.5 Å². The number of ether oxygens (including phenoxy) is 3. The van der Waals surface area contributed by atoms with Gasteiger partial charge >= 0.3 is 5.97 Å². The fourth-order valence-corrected chi connectivity index (χ4v) is 2.28. The zero-order valence-electron chi connectivity index (χ0n) is 15.2. The largest absolute Gasteiger partial charge is 0.497 e. The quantitative estimate of drug-likeness (QED) is 0.573. The summed E-state index contributed by atoms with van der Waals surface area (Å²) < 4.78 is 15.5. The molecule has 0 aliphatic rings. The standard InChI is InChI=1S/C20H20ClNO5/c1-13(20(24)22-16-8-6-15(21)7-9-16)27-19(23)11-5-14-4-10-17(25-2)12-18(14)26-3/h4-13H,1-3H3,(H,22,24)/b11-5+/t13-/m1/s1. The number of hydrogen-bond acceptors (Lipinski definition) is 5. The number of anilines is 1. The summed E-state index contributed by atoms with van der Waals surface area (Å²) in [4.78, 5) is 24.1. The zero-order valence-corrected chi connectivity index (χ0v) is 15.9. The Morgan fingerprint density at radius 1 is 1.07 bits per heavy atom. The summed E-state index contributed by atoms with van der Waals surface area (Å²) in [7, 11) is 3.08. The molecular weight excluding hydrogens is 370 g/mol. The number of hydrogen-bond donors (Lipinski definition) is 1. The minimum Gasteiger partial charge on any atom is -0.497 e. The highest BCUT2D eigenvalue weighted by Crippen LogP contribution is 2.25. The van der Waals surface area contributed by atoms with Crippen LogP contribution in [0.15, 0.2) is 48.5 Å². The number of benzene rings is 2. The van der Waals surface area contributed by atoms with Crippen molar-refractivity contribution in [2.45, 2.75) is 13.0 Å². The normalized spacial score (nSPS) is 11.7. The van der Waals surface area contributed by atoms with Crippen LogP contribution in [-0.2, 0) is 14.3 Å². The van der Waals surface area contributed by atoms with Gasteiger partial charge in [0.05, 0.1) is 14.2 Å². The molecule has 0 aliphatic carbocycles. The Balaban J connectivity index is 1.95. The van der Waals surface area contributed by atoms with E-state index in [2.05, 4.69) is 5.32 Å². The molecule has 0 spiro atoms. The first-order valence-electron chi connectivity index (χ1n) is 8.10. The highest BCUT2D eigenvalue weighted by Gasteiger charge is 2.16. The fraction of sp³-hybridized carbons (Fsp3) is 0.200. The molecule has 1 amide bonds. The van der Waals surface area contributed by atoms with Crippen molar-refractivity contribution in [2.75, 3.05) is 19.5 Å². The van der Waals surface area contributed by atoms with Gasteiger partial charge in [-0.25, -0.2) is 4.79 Å². The van der Waals surface area contributed by atoms with Crippen LogP contribution in [0.1, 0.15) is 12.5 Å². The predicted molar refractivity (Wildman–Crippen MR) is 104 cm³/mol. The van der Waals surface area contributed by atoms with Gasteiger partial charge in [0.2, 0.25) is 0 Å². The molecule has 0 heterocycles. The lowest BCUT2D eigenvalue weighted by molar-refractivity contribution is -0.148. The molecule has 0 saturated carbocycles. The number of nitrogens with one attached hydrogen (secondary N) is 1. The third-order valence-electron chi connectivity index (χ3n) is 3.61. The van der Waals surface area contributed by atoms with Gasteiger partial charge in [-0.1, -0.05) is 11.6 Å². The summed E-state index contributed by atoms with van der Waals surface area (Å²) in [6.45, 7) is 1.49. The van der Waals surface area contributed by atoms with E-state index in [1.54, 1.807) is 55.7 Å². The topological polar surface area (TPSA) is 73.9 Å². The van der Waals surface area contributed by atoms with Crippen molar-refractivity contribution in [1.29, 1.82) is 0 Å². The summed E-state index contributed by atoms with van der Waals surface area (Å²) in [6.07, 6.45) is 1.82. The first-order valence-corrected chi connectivity index (χ1v) is 8.48. The van der Waals surface area contributed by atoms with Gasteiger partial charge in [0, 0.05) is 28.4 Å². The first kappa shape index (κ1) is 20.3. The Morgan fingerprint density at radius 3 is 2.41 bits per heavy atom. The van der Waals surface area contributed by atoms with Gasteiger partial charge in [0.1, 0.15) is 11.5 Å². The van der Waals surface area contributed by atoms with Crippen LogP contribution >= 0.6 is 11.6 Å². The van der Waals surface area contributed by atoms with E-state index < -0.39 is 18.0 Å². The highest BCUT2D eigenvalue weighted by molar-refractivity contribution is 6.30. The van der Waals surface area contributed by atoms with Gasteiger partial charge in [0.15, 0.2) is 6.10 Å². The van der Waals surface area contributed by atoms with Gasteiger partial charge in [-0.3, -0.25) is 4.79 Å². The molecular formula is C20H20ClNO5. The molecule has 0 unspecified atom stereocenters. The van der Waals surface area contributed by atoms with Crippen LogP contribution in [0.4, 0.5) is 5.69 Å². The van der Waals surface area contributed by atoms with Crippen LogP contribution in [0.3, 0.4) is 0 Å². The van der Waals surface area contributed by atoms with Crippen molar-refractivity contribution in [3.05, 3.63) is 59.1 Å². The van der Waals surface area contributed by atoms with Crippen LogP contribution < -0.4 is 14.8 Å². The molecule has 2 aromatic rings. The number of carbonyl (C=O) groups excluding carboxylic acids is 2. The molecule has 0 fully saturated rings. The van der Waals surface area contributed by atoms with E-state index in [1.807, 2.05) is 0 Å². The summed E-state index contributed by atoms with van der Waals surface area (Å²) >= 11 is 5.80. The Bertz CT molecular complexity index is 833. The number of carbonyl (C=O) groups is 2. The van der Waals surface area contributed by atoms with Crippen molar-refractivity contribution in [2.24, 2.45) is 0 Å². The molecule has 0 radical (unpaired) electrons. The average Bonchev–Trinajstić information content (AvgIpc) is 2.67. The highest BCUT2D eigenvalue weighted by atomic mass is 35.5. The van der Waals surface area contributed by atoms with Gasteiger partial charge in [-0.15, -0.1) is 0 Å². The van der Waals surface area contributed by atoms with Crippen LogP contribution in [0.25, 0.3) is 6.08 Å². The monoisotopic (exact) mass is 389 g/mol. The third-order valence-corrected chi connectivity index (χ3v) is 3.87. The second-order valence-corrected chi connectivity index (χ2v) is 5.95. The average molecular weight is 390 g/mol. The molecule has 0 aromatic heterocycles. The second-order valence-electron chi connectivity index (χ2n) is 5.52. The Kier molecular flexibility index (Phi) is 7.25. The molecule has 7 heteroatoms. The van der Waals surface area contributed by atoms with Gasteiger partial charge in [0.25, 0.3) is 5.91 Å². The number of esters is 1. The Morgan fingerprint density at radius 2 is 1.78 bits per heavy atom. The van der Waals surface area contributed by atoms with Crippen LogP contribution in [-0.4, -0.2) is 32.2 Å². The molecule has 2 aromatic carbocycles.